The van der Waals surface area contributed by atoms with Crippen LogP contribution in [0.4, 0.5) is 0 Å². The van der Waals surface area contributed by atoms with Gasteiger partial charge in [0.1, 0.15) is 5.75 Å². The first kappa shape index (κ1) is 20.1. The third kappa shape index (κ3) is 4.46. The van der Waals surface area contributed by atoms with Crippen LogP contribution < -0.4 is 9.46 Å². The Hall–Kier alpha value is -1.60. The largest absolute Gasteiger partial charge is 0.497 e. The summed E-state index contributed by atoms with van der Waals surface area (Å²) in [5.41, 5.74) is 1.61. The van der Waals surface area contributed by atoms with E-state index in [-0.39, 0.29) is 10.3 Å². The summed E-state index contributed by atoms with van der Waals surface area (Å²) >= 11 is 6.10. The monoisotopic (exact) mass is 409 g/mol. The Kier molecular flexibility index (Phi) is 6.11. The molecule has 1 fully saturated rings. The van der Waals surface area contributed by atoms with E-state index < -0.39 is 10.0 Å². The maximum absolute atomic E-state index is 12.8. The van der Waals surface area contributed by atoms with Gasteiger partial charge in [-0.25, -0.2) is 13.1 Å². The van der Waals surface area contributed by atoms with Crippen molar-refractivity contribution in [2.24, 2.45) is 0 Å². The third-order valence-electron chi connectivity index (χ3n) is 5.21. The zero-order valence-corrected chi connectivity index (χ0v) is 17.1. The lowest BCUT2D eigenvalue weighted by Crippen LogP contribution is -2.44. The fraction of sp³-hybridized carbons (Fsp3) is 0.400. The van der Waals surface area contributed by atoms with E-state index in [0.717, 1.165) is 29.7 Å². The molecule has 146 valence electrons. The molecule has 0 unspecified atom stereocenters. The molecule has 1 aliphatic rings. The second-order valence-electron chi connectivity index (χ2n) is 6.86. The van der Waals surface area contributed by atoms with Gasteiger partial charge < -0.3 is 9.47 Å². The van der Waals surface area contributed by atoms with Gasteiger partial charge in [-0.05, 0) is 55.2 Å². The zero-order valence-electron chi connectivity index (χ0n) is 15.5. The SMILES string of the molecule is COc1ccc(C2(CNS(=O)(=O)c3ccc(C)c(Cl)c3)CCOCC2)cc1. The van der Waals surface area contributed by atoms with Crippen molar-refractivity contribution in [1.82, 2.24) is 4.72 Å². The number of methoxy groups -OCH3 is 1. The van der Waals surface area contributed by atoms with Gasteiger partial charge >= 0.3 is 0 Å². The standard InChI is InChI=1S/C20H24ClNO4S/c1-15-3-8-18(13-19(15)21)27(23,24)22-14-20(9-11-26-12-10-20)16-4-6-17(25-2)7-5-16/h3-8,13,22H,9-12,14H2,1-2H3. The first-order chi connectivity index (χ1) is 12.9. The Bertz CT molecular complexity index is 891. The smallest absolute Gasteiger partial charge is 0.240 e. The molecule has 0 amide bonds. The minimum atomic E-state index is -3.66. The normalized spacial score (nSPS) is 16.9. The summed E-state index contributed by atoms with van der Waals surface area (Å²) in [6.07, 6.45) is 1.49. The fourth-order valence-electron chi connectivity index (χ4n) is 3.33. The van der Waals surface area contributed by atoms with E-state index in [2.05, 4.69) is 4.72 Å². The number of hydrogen-bond donors (Lipinski definition) is 1. The lowest BCUT2D eigenvalue weighted by Gasteiger charge is -2.38. The van der Waals surface area contributed by atoms with E-state index in [1.165, 1.54) is 6.07 Å². The van der Waals surface area contributed by atoms with Crippen LogP contribution in [0.3, 0.4) is 0 Å². The van der Waals surface area contributed by atoms with Gasteiger partial charge in [0, 0.05) is 30.2 Å². The Morgan fingerprint density at radius 2 is 1.81 bits per heavy atom. The summed E-state index contributed by atoms with van der Waals surface area (Å²) in [6, 6.07) is 12.6. The Morgan fingerprint density at radius 3 is 2.41 bits per heavy atom. The number of sulfonamides is 1. The second kappa shape index (κ2) is 8.19. The molecule has 0 aliphatic carbocycles. The van der Waals surface area contributed by atoms with Crippen LogP contribution in [0.25, 0.3) is 0 Å². The molecule has 3 rings (SSSR count). The lowest BCUT2D eigenvalue weighted by molar-refractivity contribution is 0.0517. The molecule has 0 spiro atoms. The van der Waals surface area contributed by atoms with Gasteiger partial charge in [-0.15, -0.1) is 0 Å². The van der Waals surface area contributed by atoms with Crippen molar-refractivity contribution in [2.45, 2.75) is 30.1 Å². The zero-order chi connectivity index (χ0) is 19.5. The molecule has 7 heteroatoms. The molecule has 1 aliphatic heterocycles. The third-order valence-corrected chi connectivity index (χ3v) is 7.01. The van der Waals surface area contributed by atoms with E-state index >= 15 is 0 Å². The fourth-order valence-corrected chi connectivity index (χ4v) is 4.73. The summed E-state index contributed by atoms with van der Waals surface area (Å²) in [4.78, 5) is 0.176. The van der Waals surface area contributed by atoms with Gasteiger partial charge in [0.05, 0.1) is 12.0 Å². The molecule has 0 saturated carbocycles. The van der Waals surface area contributed by atoms with Crippen molar-refractivity contribution in [2.75, 3.05) is 26.9 Å². The number of aryl methyl sites for hydroxylation is 1. The number of halogens is 1. The Balaban J connectivity index is 1.85. The maximum atomic E-state index is 12.8. The molecule has 2 aromatic rings. The summed E-state index contributed by atoms with van der Waals surface area (Å²) < 4.78 is 39.1. The molecular weight excluding hydrogens is 386 g/mol. The topological polar surface area (TPSA) is 64.6 Å². The van der Waals surface area contributed by atoms with E-state index in [0.29, 0.717) is 24.8 Å². The summed E-state index contributed by atoms with van der Waals surface area (Å²) in [5, 5.41) is 0.439. The van der Waals surface area contributed by atoms with Crippen LogP contribution >= 0.6 is 11.6 Å². The molecule has 27 heavy (non-hydrogen) atoms. The van der Waals surface area contributed by atoms with Crippen molar-refractivity contribution in [3.63, 3.8) is 0 Å². The van der Waals surface area contributed by atoms with Crippen LogP contribution in [0.15, 0.2) is 47.4 Å². The number of benzene rings is 2. The highest BCUT2D eigenvalue weighted by molar-refractivity contribution is 7.89. The van der Waals surface area contributed by atoms with Gasteiger partial charge in [0.25, 0.3) is 0 Å². The number of hydrogen-bond acceptors (Lipinski definition) is 4. The van der Waals surface area contributed by atoms with Gasteiger partial charge in [0.15, 0.2) is 0 Å². The van der Waals surface area contributed by atoms with E-state index in [1.807, 2.05) is 31.2 Å². The average Bonchev–Trinajstić information content (AvgIpc) is 2.69. The Labute approximate surface area is 165 Å². The minimum Gasteiger partial charge on any atom is -0.497 e. The van der Waals surface area contributed by atoms with Crippen LogP contribution in [0.2, 0.25) is 5.02 Å². The molecule has 0 atom stereocenters. The van der Waals surface area contributed by atoms with Crippen molar-refractivity contribution in [3.05, 3.63) is 58.6 Å². The molecule has 2 aromatic carbocycles. The van der Waals surface area contributed by atoms with Crippen molar-refractivity contribution in [3.8, 4) is 5.75 Å². The quantitative estimate of drug-likeness (QED) is 0.790. The molecular formula is C20H24ClNO4S. The van der Waals surface area contributed by atoms with Crippen LogP contribution in [-0.4, -0.2) is 35.3 Å². The number of rotatable bonds is 6. The van der Waals surface area contributed by atoms with Crippen LogP contribution in [0, 0.1) is 6.92 Å². The molecule has 5 nitrogen and oxygen atoms in total. The molecule has 0 radical (unpaired) electrons. The lowest BCUT2D eigenvalue weighted by atomic mass is 9.74. The predicted octanol–water partition coefficient (Wildman–Crippen LogP) is 3.68. The van der Waals surface area contributed by atoms with Crippen molar-refractivity contribution < 1.29 is 17.9 Å². The van der Waals surface area contributed by atoms with Crippen molar-refractivity contribution in [1.29, 1.82) is 0 Å². The first-order valence-corrected chi connectivity index (χ1v) is 10.7. The highest BCUT2D eigenvalue weighted by Gasteiger charge is 2.35. The maximum Gasteiger partial charge on any atom is 0.240 e. The highest BCUT2D eigenvalue weighted by Crippen LogP contribution is 2.35. The minimum absolute atomic E-state index is 0.176. The van der Waals surface area contributed by atoms with E-state index in [4.69, 9.17) is 21.1 Å². The summed E-state index contributed by atoms with van der Waals surface area (Å²) in [7, 11) is -2.03. The number of ether oxygens (including phenoxy) is 2. The van der Waals surface area contributed by atoms with E-state index in [9.17, 15) is 8.42 Å². The molecule has 1 N–H and O–H groups in total. The second-order valence-corrected chi connectivity index (χ2v) is 9.03. The van der Waals surface area contributed by atoms with Crippen LogP contribution in [0.5, 0.6) is 5.75 Å². The summed E-state index contributed by atoms with van der Waals surface area (Å²) in [5.74, 6) is 0.774. The van der Waals surface area contributed by atoms with Gasteiger partial charge in [-0.1, -0.05) is 29.8 Å². The average molecular weight is 410 g/mol. The molecule has 1 saturated heterocycles. The van der Waals surface area contributed by atoms with Crippen LogP contribution in [-0.2, 0) is 20.2 Å². The number of nitrogens with one attached hydrogen (secondary N) is 1. The van der Waals surface area contributed by atoms with E-state index in [1.54, 1.807) is 19.2 Å². The van der Waals surface area contributed by atoms with Gasteiger partial charge in [-0.3, -0.25) is 0 Å². The predicted molar refractivity (Wildman–Crippen MR) is 106 cm³/mol. The Morgan fingerprint density at radius 1 is 1.15 bits per heavy atom. The first-order valence-electron chi connectivity index (χ1n) is 8.84. The van der Waals surface area contributed by atoms with Crippen LogP contribution in [0.1, 0.15) is 24.0 Å². The highest BCUT2D eigenvalue weighted by atomic mass is 35.5. The van der Waals surface area contributed by atoms with Gasteiger partial charge in [-0.2, -0.15) is 0 Å². The van der Waals surface area contributed by atoms with Gasteiger partial charge in [0.2, 0.25) is 10.0 Å². The molecule has 0 bridgehead atoms. The summed E-state index contributed by atoms with van der Waals surface area (Å²) in [6.45, 7) is 3.34. The van der Waals surface area contributed by atoms with Crippen molar-refractivity contribution >= 4 is 21.6 Å². The molecule has 0 aromatic heterocycles. The molecule has 1 heterocycles.